The number of anilines is 2. The number of nitrogens with zero attached hydrogens (tertiary/aromatic N) is 1. The summed E-state index contributed by atoms with van der Waals surface area (Å²) < 4.78 is 32.8. The number of amides is 2. The summed E-state index contributed by atoms with van der Waals surface area (Å²) in [6.45, 7) is 4.15. The first kappa shape index (κ1) is 22.2. The molecule has 0 spiro atoms. The Balaban J connectivity index is 1.83. The van der Waals surface area contributed by atoms with Gasteiger partial charge in [0.05, 0.1) is 18.4 Å². The number of carbonyl (C=O) groups is 2. The van der Waals surface area contributed by atoms with Crippen LogP contribution in [0.15, 0.2) is 72.4 Å². The van der Waals surface area contributed by atoms with Gasteiger partial charge in [-0.15, -0.1) is 0 Å². The van der Waals surface area contributed by atoms with Crippen LogP contribution in [0.4, 0.5) is 20.2 Å². The highest BCUT2D eigenvalue weighted by atomic mass is 19.2. The molecule has 0 bridgehead atoms. The maximum absolute atomic E-state index is 13.9. The molecule has 0 radical (unpaired) electrons. The molecule has 3 aromatic carbocycles. The fourth-order valence-corrected chi connectivity index (χ4v) is 3.70. The average molecular weight is 448 g/mol. The van der Waals surface area contributed by atoms with E-state index in [0.29, 0.717) is 22.9 Å². The molecule has 2 amide bonds. The third-order valence-corrected chi connectivity index (χ3v) is 5.47. The lowest BCUT2D eigenvalue weighted by Crippen LogP contribution is -2.32. The minimum Gasteiger partial charge on any atom is -0.496 e. The highest BCUT2D eigenvalue weighted by molar-refractivity contribution is 6.46. The van der Waals surface area contributed by atoms with E-state index >= 15 is 0 Å². The highest BCUT2D eigenvalue weighted by Gasteiger charge is 2.41. The lowest BCUT2D eigenvalue weighted by atomic mass is 10.0. The normalized spacial score (nSPS) is 13.8. The summed E-state index contributed by atoms with van der Waals surface area (Å²) in [7, 11) is 1.46. The van der Waals surface area contributed by atoms with Gasteiger partial charge in [0.2, 0.25) is 0 Å². The van der Waals surface area contributed by atoms with E-state index in [1.165, 1.54) is 13.2 Å². The monoisotopic (exact) mass is 448 g/mol. The van der Waals surface area contributed by atoms with Crippen molar-refractivity contribution in [1.82, 2.24) is 0 Å². The van der Waals surface area contributed by atoms with E-state index in [1.54, 1.807) is 24.3 Å². The molecular formula is C26H22F2N2O3. The van der Waals surface area contributed by atoms with Crippen molar-refractivity contribution in [3.8, 4) is 5.75 Å². The van der Waals surface area contributed by atoms with Gasteiger partial charge >= 0.3 is 0 Å². The SMILES string of the molecule is COc1ccccc1C1=C(Nc2ccc(C(C)C)cc2)C(=O)N(c2ccc(F)c(F)c2)C1=O. The van der Waals surface area contributed by atoms with Gasteiger partial charge in [0.1, 0.15) is 11.4 Å². The number of nitrogens with one attached hydrogen (secondary N) is 1. The van der Waals surface area contributed by atoms with Gasteiger partial charge in [-0.05, 0) is 41.8 Å². The number of imide groups is 1. The summed E-state index contributed by atoms with van der Waals surface area (Å²) >= 11 is 0. The van der Waals surface area contributed by atoms with Crippen LogP contribution < -0.4 is 15.0 Å². The minimum atomic E-state index is -1.15. The summed E-state index contributed by atoms with van der Waals surface area (Å²) in [4.78, 5) is 27.7. The first-order chi connectivity index (χ1) is 15.8. The van der Waals surface area contributed by atoms with E-state index < -0.39 is 23.4 Å². The van der Waals surface area contributed by atoms with Crippen molar-refractivity contribution in [1.29, 1.82) is 0 Å². The zero-order valence-electron chi connectivity index (χ0n) is 18.4. The predicted octanol–water partition coefficient (Wildman–Crippen LogP) is 5.49. The van der Waals surface area contributed by atoms with Gasteiger partial charge in [-0.2, -0.15) is 0 Å². The Morgan fingerprint density at radius 3 is 2.21 bits per heavy atom. The first-order valence-corrected chi connectivity index (χ1v) is 10.4. The zero-order chi connectivity index (χ0) is 23.7. The Bertz CT molecular complexity index is 1270. The molecule has 1 N–H and O–H groups in total. The smallest absolute Gasteiger partial charge is 0.282 e. The lowest BCUT2D eigenvalue weighted by molar-refractivity contribution is -0.120. The molecule has 0 aliphatic carbocycles. The molecule has 168 valence electrons. The standard InChI is InChI=1S/C26H22F2N2O3/c1-15(2)16-8-10-17(11-9-16)29-24-23(19-6-4-5-7-22(19)33-3)25(31)30(26(24)32)18-12-13-20(27)21(28)14-18/h4-15,29H,1-3H3. The summed E-state index contributed by atoms with van der Waals surface area (Å²) in [6.07, 6.45) is 0. The van der Waals surface area contributed by atoms with Crippen molar-refractivity contribution in [2.24, 2.45) is 0 Å². The summed E-state index contributed by atoms with van der Waals surface area (Å²) in [5.74, 6) is -2.84. The Hall–Kier alpha value is -4.00. The molecule has 4 rings (SSSR count). The summed E-state index contributed by atoms with van der Waals surface area (Å²) in [6, 6.07) is 17.2. The average Bonchev–Trinajstić information content (AvgIpc) is 3.05. The highest BCUT2D eigenvalue weighted by Crippen LogP contribution is 2.37. The molecule has 0 atom stereocenters. The van der Waals surface area contributed by atoms with Gasteiger partial charge in [0, 0.05) is 17.3 Å². The molecule has 33 heavy (non-hydrogen) atoms. The maximum atomic E-state index is 13.9. The predicted molar refractivity (Wildman–Crippen MR) is 123 cm³/mol. The fraction of sp³-hybridized carbons (Fsp3) is 0.154. The number of hydrogen-bond acceptors (Lipinski definition) is 4. The molecule has 7 heteroatoms. The van der Waals surface area contributed by atoms with Crippen LogP contribution in [0.2, 0.25) is 0 Å². The van der Waals surface area contributed by atoms with Gasteiger partial charge in [-0.25, -0.2) is 13.7 Å². The van der Waals surface area contributed by atoms with E-state index in [1.807, 2.05) is 24.3 Å². The Morgan fingerprint density at radius 2 is 1.58 bits per heavy atom. The van der Waals surface area contributed by atoms with E-state index in [4.69, 9.17) is 4.74 Å². The van der Waals surface area contributed by atoms with Crippen LogP contribution in [-0.4, -0.2) is 18.9 Å². The van der Waals surface area contributed by atoms with Crippen LogP contribution in [0.5, 0.6) is 5.75 Å². The lowest BCUT2D eigenvalue weighted by Gasteiger charge is -2.16. The van der Waals surface area contributed by atoms with Crippen LogP contribution >= 0.6 is 0 Å². The summed E-state index contributed by atoms with van der Waals surface area (Å²) in [5, 5.41) is 3.06. The summed E-state index contributed by atoms with van der Waals surface area (Å²) in [5.41, 5.74) is 2.17. The number of hydrogen-bond donors (Lipinski definition) is 1. The van der Waals surface area contributed by atoms with Gasteiger partial charge in [-0.1, -0.05) is 44.2 Å². The van der Waals surface area contributed by atoms with Crippen molar-refractivity contribution < 1.29 is 23.1 Å². The second-order valence-electron chi connectivity index (χ2n) is 7.90. The second-order valence-corrected chi connectivity index (χ2v) is 7.90. The van der Waals surface area contributed by atoms with Crippen molar-refractivity contribution in [3.05, 3.63) is 95.2 Å². The number of para-hydroxylation sites is 1. The Morgan fingerprint density at radius 1 is 0.879 bits per heavy atom. The van der Waals surface area contributed by atoms with Crippen LogP contribution in [0, 0.1) is 11.6 Å². The van der Waals surface area contributed by atoms with Crippen molar-refractivity contribution >= 4 is 28.8 Å². The van der Waals surface area contributed by atoms with Crippen LogP contribution in [0.25, 0.3) is 5.57 Å². The molecule has 0 saturated heterocycles. The largest absolute Gasteiger partial charge is 0.496 e. The van der Waals surface area contributed by atoms with Crippen LogP contribution in [0.1, 0.15) is 30.9 Å². The third-order valence-electron chi connectivity index (χ3n) is 5.47. The topological polar surface area (TPSA) is 58.6 Å². The van der Waals surface area contributed by atoms with Gasteiger partial charge in [0.25, 0.3) is 11.8 Å². The Kier molecular flexibility index (Phi) is 5.96. The fourth-order valence-electron chi connectivity index (χ4n) is 3.70. The molecule has 3 aromatic rings. The molecule has 5 nitrogen and oxygen atoms in total. The minimum absolute atomic E-state index is 0.0199. The van der Waals surface area contributed by atoms with Crippen LogP contribution in [0.3, 0.4) is 0 Å². The maximum Gasteiger partial charge on any atom is 0.282 e. The van der Waals surface area contributed by atoms with Gasteiger partial charge < -0.3 is 10.1 Å². The number of rotatable bonds is 6. The number of halogens is 2. The quantitative estimate of drug-likeness (QED) is 0.507. The van der Waals surface area contributed by atoms with Crippen molar-refractivity contribution in [2.45, 2.75) is 19.8 Å². The molecule has 1 aliphatic rings. The Labute approximate surface area is 190 Å². The molecule has 1 heterocycles. The van der Waals surface area contributed by atoms with E-state index in [2.05, 4.69) is 19.2 Å². The molecule has 0 unspecified atom stereocenters. The molecule has 0 saturated carbocycles. The van der Waals surface area contributed by atoms with Gasteiger partial charge in [0.15, 0.2) is 11.6 Å². The second kappa shape index (κ2) is 8.86. The molecule has 0 aromatic heterocycles. The van der Waals surface area contributed by atoms with E-state index in [9.17, 15) is 18.4 Å². The molecule has 1 aliphatic heterocycles. The van der Waals surface area contributed by atoms with Gasteiger partial charge in [-0.3, -0.25) is 9.59 Å². The molecular weight excluding hydrogens is 426 g/mol. The van der Waals surface area contributed by atoms with E-state index in [-0.39, 0.29) is 17.0 Å². The third kappa shape index (κ3) is 4.09. The number of carbonyl (C=O) groups excluding carboxylic acids is 2. The first-order valence-electron chi connectivity index (χ1n) is 10.4. The van der Waals surface area contributed by atoms with Crippen molar-refractivity contribution in [2.75, 3.05) is 17.3 Å². The zero-order valence-corrected chi connectivity index (χ0v) is 18.4. The number of benzene rings is 3. The van der Waals surface area contributed by atoms with Crippen LogP contribution in [-0.2, 0) is 9.59 Å². The van der Waals surface area contributed by atoms with E-state index in [0.717, 1.165) is 22.6 Å². The number of ether oxygens (including phenoxy) is 1. The van der Waals surface area contributed by atoms with Crippen molar-refractivity contribution in [3.63, 3.8) is 0 Å². The molecule has 0 fully saturated rings. The number of methoxy groups -OCH3 is 1.